The first-order valence-electron chi connectivity index (χ1n) is 5.48. The van der Waals surface area contributed by atoms with Crippen molar-refractivity contribution in [1.82, 2.24) is 15.1 Å². The minimum absolute atomic E-state index is 0.331. The van der Waals surface area contributed by atoms with Crippen LogP contribution in [-0.2, 0) is 6.54 Å². The Morgan fingerprint density at radius 1 is 1.76 bits per heavy atom. The molecule has 1 rings (SSSR count). The summed E-state index contributed by atoms with van der Waals surface area (Å²) in [6.07, 6.45) is 4.55. The minimum Gasteiger partial charge on any atom is -0.298 e. The van der Waals surface area contributed by atoms with Gasteiger partial charge in [-0.25, -0.2) is 0 Å². The smallest absolute Gasteiger partial charge is 0.124 e. The van der Waals surface area contributed by atoms with E-state index >= 15 is 0 Å². The molecule has 0 spiro atoms. The highest BCUT2D eigenvalue weighted by Crippen LogP contribution is 2.10. The third-order valence-corrected chi connectivity index (χ3v) is 2.19. The monoisotopic (exact) mass is 233 g/mol. The summed E-state index contributed by atoms with van der Waals surface area (Å²) in [7, 11) is 0. The van der Waals surface area contributed by atoms with Gasteiger partial charge in [-0.15, -0.1) is 0 Å². The fourth-order valence-electron chi connectivity index (χ4n) is 1.42. The van der Waals surface area contributed by atoms with E-state index in [4.69, 9.17) is 10.8 Å². The summed E-state index contributed by atoms with van der Waals surface area (Å²) in [5, 5.41) is 19.6. The normalized spacial score (nSPS) is 11.5. The molecule has 0 amide bonds. The molecule has 90 valence electrons. The standard InChI is InChI=1S/C10H15N7/c1-2-5-17-8-9(7-15-17)10(6-11)13-3-4-14-16-12/h7-8,10,13H,2-5H2,1H3. The van der Waals surface area contributed by atoms with Gasteiger partial charge in [-0.05, 0) is 12.0 Å². The molecule has 0 bridgehead atoms. The molecule has 0 fully saturated rings. The summed E-state index contributed by atoms with van der Waals surface area (Å²) in [6.45, 7) is 3.72. The summed E-state index contributed by atoms with van der Waals surface area (Å²) >= 11 is 0. The molecule has 0 radical (unpaired) electrons. The van der Waals surface area contributed by atoms with E-state index in [9.17, 15) is 0 Å². The molecule has 1 aromatic rings. The second-order valence-electron chi connectivity index (χ2n) is 3.51. The Hall–Kier alpha value is -2.03. The van der Waals surface area contributed by atoms with Crippen LogP contribution in [0.1, 0.15) is 24.9 Å². The lowest BCUT2D eigenvalue weighted by Crippen LogP contribution is -2.22. The Bertz CT molecular complexity index is 424. The van der Waals surface area contributed by atoms with Crippen LogP contribution >= 0.6 is 0 Å². The summed E-state index contributed by atoms with van der Waals surface area (Å²) < 4.78 is 1.81. The molecule has 0 saturated heterocycles. The van der Waals surface area contributed by atoms with E-state index < -0.39 is 6.04 Å². The van der Waals surface area contributed by atoms with E-state index in [1.54, 1.807) is 6.20 Å². The second-order valence-corrected chi connectivity index (χ2v) is 3.51. The van der Waals surface area contributed by atoms with Crippen molar-refractivity contribution in [2.75, 3.05) is 13.1 Å². The zero-order valence-electron chi connectivity index (χ0n) is 9.74. The third kappa shape index (κ3) is 4.15. The molecule has 1 aromatic heterocycles. The van der Waals surface area contributed by atoms with Crippen molar-refractivity contribution in [2.24, 2.45) is 5.11 Å². The zero-order chi connectivity index (χ0) is 12.5. The van der Waals surface area contributed by atoms with Crippen LogP contribution in [0.5, 0.6) is 0 Å². The summed E-state index contributed by atoms with van der Waals surface area (Å²) in [6, 6.07) is 1.74. The molecule has 0 aromatic carbocycles. The van der Waals surface area contributed by atoms with Gasteiger partial charge in [0.2, 0.25) is 0 Å². The second kappa shape index (κ2) is 7.28. The van der Waals surface area contributed by atoms with Crippen molar-refractivity contribution in [3.63, 3.8) is 0 Å². The van der Waals surface area contributed by atoms with E-state index in [1.807, 2.05) is 10.9 Å². The molecule has 0 aliphatic rings. The molecule has 0 saturated carbocycles. The molecular formula is C10H15N7. The van der Waals surface area contributed by atoms with Gasteiger partial charge < -0.3 is 0 Å². The van der Waals surface area contributed by atoms with Crippen LogP contribution in [0.2, 0.25) is 0 Å². The molecular weight excluding hydrogens is 218 g/mol. The SMILES string of the molecule is CCCn1cc(C(C#N)NCCN=[N+]=[N-])cn1. The van der Waals surface area contributed by atoms with Crippen LogP contribution in [-0.4, -0.2) is 22.9 Å². The number of azide groups is 1. The van der Waals surface area contributed by atoms with Gasteiger partial charge in [0.15, 0.2) is 0 Å². The van der Waals surface area contributed by atoms with Gasteiger partial charge in [0.05, 0.1) is 12.3 Å². The van der Waals surface area contributed by atoms with Crippen molar-refractivity contribution in [3.8, 4) is 6.07 Å². The lowest BCUT2D eigenvalue weighted by Gasteiger charge is -2.07. The van der Waals surface area contributed by atoms with Crippen molar-refractivity contribution >= 4 is 0 Å². The Morgan fingerprint density at radius 2 is 2.59 bits per heavy atom. The average molecular weight is 233 g/mol. The van der Waals surface area contributed by atoms with Crippen LogP contribution in [0.25, 0.3) is 10.4 Å². The maximum atomic E-state index is 9.02. The zero-order valence-corrected chi connectivity index (χ0v) is 9.74. The van der Waals surface area contributed by atoms with Crippen molar-refractivity contribution < 1.29 is 0 Å². The van der Waals surface area contributed by atoms with Crippen molar-refractivity contribution in [1.29, 1.82) is 5.26 Å². The van der Waals surface area contributed by atoms with E-state index in [0.29, 0.717) is 13.1 Å². The van der Waals surface area contributed by atoms with E-state index in [1.165, 1.54) is 0 Å². The molecule has 0 aliphatic carbocycles. The number of hydrogen-bond donors (Lipinski definition) is 1. The number of aromatic nitrogens is 2. The van der Waals surface area contributed by atoms with Gasteiger partial charge >= 0.3 is 0 Å². The molecule has 7 heteroatoms. The molecule has 1 N–H and O–H groups in total. The molecule has 0 aliphatic heterocycles. The summed E-state index contributed by atoms with van der Waals surface area (Å²) in [5.74, 6) is 0. The van der Waals surface area contributed by atoms with Gasteiger partial charge in [0.1, 0.15) is 6.04 Å². The number of nitriles is 1. The first-order valence-corrected chi connectivity index (χ1v) is 5.48. The van der Waals surface area contributed by atoms with Crippen LogP contribution in [0.4, 0.5) is 0 Å². The van der Waals surface area contributed by atoms with Crippen LogP contribution in [0.3, 0.4) is 0 Å². The predicted molar refractivity (Wildman–Crippen MR) is 62.9 cm³/mol. The number of hydrogen-bond acceptors (Lipinski definition) is 4. The molecule has 17 heavy (non-hydrogen) atoms. The van der Waals surface area contributed by atoms with E-state index in [0.717, 1.165) is 18.5 Å². The highest BCUT2D eigenvalue weighted by molar-refractivity contribution is 5.17. The van der Waals surface area contributed by atoms with Crippen LogP contribution < -0.4 is 5.32 Å². The van der Waals surface area contributed by atoms with Crippen LogP contribution in [0.15, 0.2) is 17.5 Å². The topological polar surface area (TPSA) is 102 Å². The first kappa shape index (κ1) is 13.0. The minimum atomic E-state index is -0.408. The fourth-order valence-corrected chi connectivity index (χ4v) is 1.42. The van der Waals surface area contributed by atoms with Gasteiger partial charge in [0.25, 0.3) is 0 Å². The third-order valence-electron chi connectivity index (χ3n) is 2.19. The predicted octanol–water partition coefficient (Wildman–Crippen LogP) is 1.76. The summed E-state index contributed by atoms with van der Waals surface area (Å²) in [4.78, 5) is 2.65. The highest BCUT2D eigenvalue weighted by Gasteiger charge is 2.11. The van der Waals surface area contributed by atoms with Crippen molar-refractivity contribution in [2.45, 2.75) is 25.9 Å². The van der Waals surface area contributed by atoms with Crippen molar-refractivity contribution in [3.05, 3.63) is 28.4 Å². The van der Waals surface area contributed by atoms with E-state index in [-0.39, 0.29) is 0 Å². The number of nitrogens with zero attached hydrogens (tertiary/aromatic N) is 6. The Balaban J connectivity index is 2.54. The molecule has 1 heterocycles. The Labute approximate surface area is 99.7 Å². The molecule has 1 unspecified atom stereocenters. The number of aryl methyl sites for hydroxylation is 1. The maximum absolute atomic E-state index is 9.02. The number of rotatable bonds is 7. The van der Waals surface area contributed by atoms with Gasteiger partial charge in [-0.2, -0.15) is 10.4 Å². The summed E-state index contributed by atoms with van der Waals surface area (Å²) in [5.41, 5.74) is 8.96. The van der Waals surface area contributed by atoms with Gasteiger partial charge in [-0.3, -0.25) is 10.00 Å². The lowest BCUT2D eigenvalue weighted by molar-refractivity contribution is 0.598. The lowest BCUT2D eigenvalue weighted by atomic mass is 10.2. The maximum Gasteiger partial charge on any atom is 0.124 e. The Kier molecular flexibility index (Phi) is 5.58. The highest BCUT2D eigenvalue weighted by atomic mass is 15.3. The van der Waals surface area contributed by atoms with Gasteiger partial charge in [0, 0.05) is 36.3 Å². The number of nitrogens with one attached hydrogen (secondary N) is 1. The fraction of sp³-hybridized carbons (Fsp3) is 0.600. The average Bonchev–Trinajstić information content (AvgIpc) is 2.78. The molecule has 1 atom stereocenters. The largest absolute Gasteiger partial charge is 0.298 e. The Morgan fingerprint density at radius 3 is 3.24 bits per heavy atom. The first-order chi connectivity index (χ1) is 8.31. The van der Waals surface area contributed by atoms with E-state index in [2.05, 4.69) is 33.4 Å². The quantitative estimate of drug-likeness (QED) is 0.336. The molecule has 7 nitrogen and oxygen atoms in total. The van der Waals surface area contributed by atoms with Gasteiger partial charge in [-0.1, -0.05) is 12.0 Å². The van der Waals surface area contributed by atoms with Crippen LogP contribution in [0, 0.1) is 11.3 Å².